The van der Waals surface area contributed by atoms with Gasteiger partial charge in [0.25, 0.3) is 0 Å². The van der Waals surface area contributed by atoms with Crippen molar-refractivity contribution < 1.29 is 38.4 Å². The van der Waals surface area contributed by atoms with Gasteiger partial charge in [0.1, 0.15) is 35.8 Å². The van der Waals surface area contributed by atoms with Gasteiger partial charge in [-0.2, -0.15) is 10.2 Å². The smallest absolute Gasteiger partial charge is 0.369 e. The lowest BCUT2D eigenvalue weighted by molar-refractivity contribution is 0.110. The van der Waals surface area contributed by atoms with Gasteiger partial charge >= 0.3 is 3.18 Å². The van der Waals surface area contributed by atoms with Crippen molar-refractivity contribution in [3.8, 4) is 57.3 Å². The molecule has 18 heteroatoms. The second-order valence-corrected chi connectivity index (χ2v) is 19.3. The topological polar surface area (TPSA) is 162 Å². The Morgan fingerprint density at radius 3 is 1.46 bits per heavy atom. The van der Waals surface area contributed by atoms with Gasteiger partial charge in [-0.05, 0) is 76.2 Å². The van der Waals surface area contributed by atoms with Gasteiger partial charge in [-0.25, -0.2) is 0 Å². The number of nitrogens with zero attached hydrogens (tertiary/aromatic N) is 6. The van der Waals surface area contributed by atoms with Crippen molar-refractivity contribution in [3.05, 3.63) is 108 Å². The number of benzene rings is 2. The van der Waals surface area contributed by atoms with Gasteiger partial charge in [-0.3, -0.25) is 28.9 Å². The standard InChI is InChI=1S/C21H23N3O4.C20H21N3O4.BBr3/c1-14(2)24-17(9-11-23-24)20-15(6-5-10-22-20)13-28-18-7-8-19(26-3)21(27-4)16(18)12-25;1-13(2)23-16(8-10-22-23)19-14(5-4-9-21-19)12-27-17-6-7-18(26-3)20(25)15(17)11-24;2-1(3)4/h5-12,14H,13H2,1-4H3;4-11,13,25H,12H2,1-3H3;. The Bertz CT molecular complexity index is 2300. The molecule has 6 rings (SSSR count). The van der Waals surface area contributed by atoms with E-state index in [1.165, 1.54) is 21.3 Å². The van der Waals surface area contributed by atoms with E-state index in [1.807, 2.05) is 59.6 Å². The Labute approximate surface area is 368 Å². The van der Waals surface area contributed by atoms with E-state index in [1.54, 1.807) is 49.1 Å². The van der Waals surface area contributed by atoms with Crippen molar-refractivity contribution in [2.75, 3.05) is 21.3 Å². The lowest BCUT2D eigenvalue weighted by atomic mass is 10.1. The summed E-state index contributed by atoms with van der Waals surface area (Å²) in [6.07, 6.45) is 8.20. The number of hydrogen-bond donors (Lipinski definition) is 1. The number of carbonyl (C=O) groups excluding carboxylic acids is 2. The first-order valence-corrected chi connectivity index (χ1v) is 20.8. The Morgan fingerprint density at radius 1 is 0.627 bits per heavy atom. The number of carbonyl (C=O) groups is 2. The van der Waals surface area contributed by atoms with E-state index in [4.69, 9.17) is 23.7 Å². The third-order valence-electron chi connectivity index (χ3n) is 8.49. The minimum atomic E-state index is -0.241. The zero-order valence-electron chi connectivity index (χ0n) is 33.5. The number of aromatic hydroxyl groups is 1. The molecule has 4 heterocycles. The average Bonchev–Trinajstić information content (AvgIpc) is 3.94. The van der Waals surface area contributed by atoms with Crippen molar-refractivity contribution in [1.82, 2.24) is 29.5 Å². The van der Waals surface area contributed by atoms with E-state index in [2.05, 4.69) is 81.3 Å². The predicted octanol–water partition coefficient (Wildman–Crippen LogP) is 9.72. The second-order valence-electron chi connectivity index (χ2n) is 12.8. The lowest BCUT2D eigenvalue weighted by Crippen LogP contribution is -2.08. The van der Waals surface area contributed by atoms with Crippen LogP contribution in [-0.2, 0) is 13.2 Å². The van der Waals surface area contributed by atoms with Crippen LogP contribution in [0.15, 0.2) is 85.5 Å². The third-order valence-corrected chi connectivity index (χ3v) is 8.49. The van der Waals surface area contributed by atoms with E-state index in [-0.39, 0.29) is 51.3 Å². The first kappa shape index (κ1) is 46.5. The minimum Gasteiger partial charge on any atom is -0.504 e. The predicted molar refractivity (Wildman–Crippen MR) is 238 cm³/mol. The van der Waals surface area contributed by atoms with Crippen LogP contribution in [-0.4, -0.2) is 71.7 Å². The number of aromatic nitrogens is 6. The molecule has 4 aromatic heterocycles. The Hall–Kier alpha value is -5.20. The number of aldehydes is 2. The van der Waals surface area contributed by atoms with Crippen LogP contribution in [0.5, 0.6) is 34.5 Å². The van der Waals surface area contributed by atoms with E-state index in [0.717, 1.165) is 33.9 Å². The number of pyridine rings is 2. The summed E-state index contributed by atoms with van der Waals surface area (Å²) >= 11 is 9.31. The Balaban J connectivity index is 0.000000239. The average molecular weight is 999 g/mol. The molecule has 0 saturated carbocycles. The molecule has 0 aliphatic heterocycles. The number of rotatable bonds is 15. The minimum absolute atomic E-state index is 0.0482. The van der Waals surface area contributed by atoms with Gasteiger partial charge in [0.15, 0.2) is 35.6 Å². The first-order valence-electron chi connectivity index (χ1n) is 18.1. The molecule has 2 aromatic carbocycles. The number of methoxy groups -OCH3 is 3. The highest BCUT2D eigenvalue weighted by Gasteiger charge is 2.19. The van der Waals surface area contributed by atoms with E-state index in [9.17, 15) is 14.7 Å². The van der Waals surface area contributed by atoms with Crippen molar-refractivity contribution in [2.45, 2.75) is 53.0 Å². The van der Waals surface area contributed by atoms with Crippen LogP contribution in [0.25, 0.3) is 22.8 Å². The second kappa shape index (κ2) is 22.8. The first-order chi connectivity index (χ1) is 28.4. The molecule has 0 bridgehead atoms. The Morgan fingerprint density at radius 2 is 1.05 bits per heavy atom. The van der Waals surface area contributed by atoms with Gasteiger partial charge in [-0.15, -0.1) is 47.3 Å². The molecule has 0 spiro atoms. The fourth-order valence-corrected chi connectivity index (χ4v) is 5.85. The fraction of sp³-hybridized carbons (Fsp3) is 0.268. The summed E-state index contributed by atoms with van der Waals surface area (Å²) in [5, 5.41) is 18.8. The van der Waals surface area contributed by atoms with Crippen LogP contribution in [0, 0.1) is 0 Å². The molecule has 59 heavy (non-hydrogen) atoms. The van der Waals surface area contributed by atoms with Gasteiger partial charge in [0.2, 0.25) is 0 Å². The summed E-state index contributed by atoms with van der Waals surface area (Å²) in [4.78, 5) is 32.0. The summed E-state index contributed by atoms with van der Waals surface area (Å²) in [5.41, 5.74) is 5.43. The molecule has 0 amide bonds. The lowest BCUT2D eigenvalue weighted by Gasteiger charge is -2.16. The van der Waals surface area contributed by atoms with Gasteiger partial charge in [0, 0.05) is 48.0 Å². The van der Waals surface area contributed by atoms with Crippen molar-refractivity contribution >= 4 is 63.0 Å². The summed E-state index contributed by atoms with van der Waals surface area (Å²) in [6.45, 7) is 8.64. The molecule has 14 nitrogen and oxygen atoms in total. The molecule has 0 aliphatic carbocycles. The number of ether oxygens (including phenoxy) is 5. The van der Waals surface area contributed by atoms with Crippen LogP contribution in [0.1, 0.15) is 71.6 Å². The number of halogens is 3. The number of phenolic OH excluding ortho intramolecular Hbond substituents is 1. The molecule has 0 fully saturated rings. The largest absolute Gasteiger partial charge is 0.504 e. The number of phenols is 1. The molecule has 1 N–H and O–H groups in total. The van der Waals surface area contributed by atoms with Gasteiger partial charge in [-0.1, -0.05) is 12.1 Å². The normalized spacial score (nSPS) is 10.5. The van der Waals surface area contributed by atoms with Crippen molar-refractivity contribution in [3.63, 3.8) is 0 Å². The fourth-order valence-electron chi connectivity index (χ4n) is 5.85. The molecule has 0 saturated heterocycles. The zero-order chi connectivity index (χ0) is 43.1. The molecular weight excluding hydrogens is 955 g/mol. The number of hydrogen-bond acceptors (Lipinski definition) is 12. The molecular formula is C41H44BBr3N6O8. The molecule has 0 aliphatic rings. The van der Waals surface area contributed by atoms with Gasteiger partial charge < -0.3 is 28.8 Å². The Kier molecular flexibility index (Phi) is 18.0. The molecule has 310 valence electrons. The highest BCUT2D eigenvalue weighted by molar-refractivity contribution is 9.69. The molecule has 6 aromatic rings. The molecule has 0 unspecified atom stereocenters. The maximum atomic E-state index is 11.6. The third kappa shape index (κ3) is 11.9. The van der Waals surface area contributed by atoms with Crippen molar-refractivity contribution in [1.29, 1.82) is 0 Å². The molecule has 0 atom stereocenters. The van der Waals surface area contributed by atoms with Crippen LogP contribution in [0.4, 0.5) is 0 Å². The van der Waals surface area contributed by atoms with E-state index in [0.29, 0.717) is 35.4 Å². The summed E-state index contributed by atoms with van der Waals surface area (Å²) in [7, 11) is 4.43. The summed E-state index contributed by atoms with van der Waals surface area (Å²) in [5.74, 6) is 1.48. The van der Waals surface area contributed by atoms with E-state index < -0.39 is 0 Å². The van der Waals surface area contributed by atoms with Crippen LogP contribution in [0.3, 0.4) is 0 Å². The summed E-state index contributed by atoms with van der Waals surface area (Å²) in [6, 6.07) is 18.3. The highest BCUT2D eigenvalue weighted by Crippen LogP contribution is 2.38. The van der Waals surface area contributed by atoms with Crippen LogP contribution >= 0.6 is 47.3 Å². The maximum Gasteiger partial charge on any atom is 0.369 e. The SMILES string of the molecule is BrB(Br)Br.COc1ccc(OCc2cccnc2-c2ccnn2C(C)C)c(C=O)c1O.COc1ccc(OCc2cccnc2-c2ccnn2C(C)C)c(C=O)c1OC. The maximum absolute atomic E-state index is 11.6. The monoisotopic (exact) mass is 996 g/mol. The van der Waals surface area contributed by atoms with E-state index >= 15 is 0 Å². The van der Waals surface area contributed by atoms with Crippen molar-refractivity contribution in [2.24, 2.45) is 0 Å². The molecule has 0 radical (unpaired) electrons. The van der Waals surface area contributed by atoms with Gasteiger partial charge in [0.05, 0.1) is 44.1 Å². The highest BCUT2D eigenvalue weighted by atomic mass is 79.9. The quantitative estimate of drug-likeness (QED) is 0.0767. The summed E-state index contributed by atoms with van der Waals surface area (Å²) < 4.78 is 31.4. The van der Waals surface area contributed by atoms with Crippen LogP contribution in [0.2, 0.25) is 0 Å². The van der Waals surface area contributed by atoms with Crippen LogP contribution < -0.4 is 23.7 Å². The zero-order valence-corrected chi connectivity index (χ0v) is 38.3.